The van der Waals surface area contributed by atoms with E-state index in [4.69, 9.17) is 0 Å². The maximum atomic E-state index is 12.0. The highest BCUT2D eigenvalue weighted by Crippen LogP contribution is 2.22. The number of rotatable bonds is 3. The fourth-order valence-electron chi connectivity index (χ4n) is 2.52. The first-order chi connectivity index (χ1) is 9.74. The molecule has 104 valence electrons. The van der Waals surface area contributed by atoms with E-state index >= 15 is 0 Å². The van der Waals surface area contributed by atoms with Crippen molar-refractivity contribution in [3.8, 4) is 0 Å². The quantitative estimate of drug-likeness (QED) is 0.908. The van der Waals surface area contributed by atoms with Crippen LogP contribution in [0.5, 0.6) is 0 Å². The lowest BCUT2D eigenvalue weighted by atomic mass is 9.94. The molecule has 2 heterocycles. The van der Waals surface area contributed by atoms with Crippen LogP contribution in [0, 0.1) is 6.92 Å². The molecule has 0 bridgehead atoms. The van der Waals surface area contributed by atoms with Gasteiger partial charge in [-0.25, -0.2) is 4.98 Å². The van der Waals surface area contributed by atoms with Gasteiger partial charge in [0.1, 0.15) is 4.88 Å². The van der Waals surface area contributed by atoms with Gasteiger partial charge in [0.2, 0.25) is 0 Å². The van der Waals surface area contributed by atoms with E-state index < -0.39 is 0 Å². The first kappa shape index (κ1) is 13.3. The summed E-state index contributed by atoms with van der Waals surface area (Å²) in [6.45, 7) is 3.46. The van der Waals surface area contributed by atoms with Crippen LogP contribution in [0.1, 0.15) is 31.8 Å². The number of hydrogen-bond acceptors (Lipinski definition) is 4. The van der Waals surface area contributed by atoms with Gasteiger partial charge in [0.05, 0.1) is 11.2 Å². The number of carbonyl (C=O) groups is 1. The van der Waals surface area contributed by atoms with Gasteiger partial charge in [-0.05, 0) is 31.0 Å². The number of aromatic nitrogens is 1. The average molecular weight is 287 g/mol. The molecule has 4 nitrogen and oxygen atoms in total. The summed E-state index contributed by atoms with van der Waals surface area (Å²) in [4.78, 5) is 16.8. The van der Waals surface area contributed by atoms with Crippen molar-refractivity contribution in [2.45, 2.75) is 19.4 Å². The van der Waals surface area contributed by atoms with Crippen molar-refractivity contribution < 1.29 is 4.79 Å². The molecule has 20 heavy (non-hydrogen) atoms. The van der Waals surface area contributed by atoms with Crippen LogP contribution in [0.15, 0.2) is 30.5 Å². The second kappa shape index (κ2) is 5.73. The monoisotopic (exact) mass is 287 g/mol. The van der Waals surface area contributed by atoms with Gasteiger partial charge < -0.3 is 10.6 Å². The third kappa shape index (κ3) is 2.73. The molecule has 0 aliphatic carbocycles. The number of aryl methyl sites for hydroxylation is 1. The maximum absolute atomic E-state index is 12.0. The zero-order valence-corrected chi connectivity index (χ0v) is 12.2. The second-order valence-electron chi connectivity index (χ2n) is 4.91. The predicted molar refractivity (Wildman–Crippen MR) is 80.1 cm³/mol. The average Bonchev–Trinajstić information content (AvgIpc) is 2.91. The summed E-state index contributed by atoms with van der Waals surface area (Å²) < 4.78 is 0. The summed E-state index contributed by atoms with van der Waals surface area (Å²) in [5, 5.41) is 7.37. The van der Waals surface area contributed by atoms with Crippen molar-refractivity contribution >= 4 is 17.2 Å². The van der Waals surface area contributed by atoms with E-state index in [0.717, 1.165) is 18.0 Å². The van der Waals surface area contributed by atoms with Crippen molar-refractivity contribution in [2.24, 2.45) is 0 Å². The van der Waals surface area contributed by atoms with Crippen LogP contribution < -0.4 is 10.6 Å². The van der Waals surface area contributed by atoms with Crippen LogP contribution >= 0.6 is 11.3 Å². The largest absolute Gasteiger partial charge is 0.349 e. The van der Waals surface area contributed by atoms with Crippen LogP contribution in [0.25, 0.3) is 0 Å². The number of nitrogens with one attached hydrogen (secondary N) is 2. The van der Waals surface area contributed by atoms with Gasteiger partial charge in [-0.2, -0.15) is 0 Å². The lowest BCUT2D eigenvalue weighted by Crippen LogP contribution is -2.38. The van der Waals surface area contributed by atoms with Crippen LogP contribution in [-0.4, -0.2) is 24.0 Å². The number of thiazole rings is 1. The summed E-state index contributed by atoms with van der Waals surface area (Å²) >= 11 is 1.42. The highest BCUT2D eigenvalue weighted by Gasteiger charge is 2.20. The molecule has 0 spiro atoms. The van der Waals surface area contributed by atoms with Gasteiger partial charge >= 0.3 is 0 Å². The Morgan fingerprint density at radius 1 is 1.50 bits per heavy atom. The molecule has 1 unspecified atom stereocenters. The molecular formula is C15H17N3OS. The third-order valence-electron chi connectivity index (χ3n) is 3.53. The second-order valence-corrected chi connectivity index (χ2v) is 6.14. The lowest BCUT2D eigenvalue weighted by molar-refractivity contribution is 0.0953. The first-order valence-corrected chi connectivity index (χ1v) is 7.57. The minimum atomic E-state index is -0.0412. The molecule has 2 aromatic rings. The van der Waals surface area contributed by atoms with Gasteiger partial charge in [-0.3, -0.25) is 4.79 Å². The Hall–Kier alpha value is -1.72. The highest BCUT2D eigenvalue weighted by atomic mass is 32.1. The summed E-state index contributed by atoms with van der Waals surface area (Å²) in [5.41, 5.74) is 2.67. The van der Waals surface area contributed by atoms with Gasteiger partial charge in [0, 0.05) is 12.6 Å². The van der Waals surface area contributed by atoms with E-state index in [1.165, 1.54) is 22.5 Å². The third-order valence-corrected chi connectivity index (χ3v) is 4.44. The molecule has 0 radical (unpaired) electrons. The van der Waals surface area contributed by atoms with Crippen molar-refractivity contribution in [3.05, 3.63) is 51.5 Å². The van der Waals surface area contributed by atoms with Crippen LogP contribution in [0.2, 0.25) is 0 Å². The molecule has 1 aromatic carbocycles. The van der Waals surface area contributed by atoms with Crippen molar-refractivity contribution in [1.82, 2.24) is 15.6 Å². The Bertz CT molecular complexity index is 623. The number of carbonyl (C=O) groups excluding carboxylic acids is 1. The molecule has 0 saturated carbocycles. The lowest BCUT2D eigenvalue weighted by Gasteiger charge is -2.27. The fourth-order valence-corrected chi connectivity index (χ4v) is 3.22. The Morgan fingerprint density at radius 3 is 3.15 bits per heavy atom. The van der Waals surface area contributed by atoms with Crippen molar-refractivity contribution in [3.63, 3.8) is 0 Å². The number of amides is 1. The summed E-state index contributed by atoms with van der Waals surface area (Å²) in [6, 6.07) is 8.61. The zero-order chi connectivity index (χ0) is 13.9. The Kier molecular flexibility index (Phi) is 3.80. The van der Waals surface area contributed by atoms with Gasteiger partial charge in [0.25, 0.3) is 5.91 Å². The molecule has 2 N–H and O–H groups in total. The van der Waals surface area contributed by atoms with E-state index in [1.54, 1.807) is 6.20 Å². The van der Waals surface area contributed by atoms with Crippen LogP contribution in [0.3, 0.4) is 0 Å². The van der Waals surface area contributed by atoms with Gasteiger partial charge in [-0.1, -0.05) is 24.3 Å². The van der Waals surface area contributed by atoms with Crippen LogP contribution in [-0.2, 0) is 6.42 Å². The zero-order valence-electron chi connectivity index (χ0n) is 11.3. The molecule has 1 aromatic heterocycles. The molecule has 3 rings (SSSR count). The standard InChI is InChI=1S/C15H17N3OS/c1-10-17-9-14(20-10)15(19)18-8-13-12-5-3-2-4-11(12)6-7-16-13/h2-5,9,13,16H,6-8H2,1H3,(H,18,19). The Labute approximate surface area is 122 Å². The van der Waals surface area contributed by atoms with Crippen LogP contribution in [0.4, 0.5) is 0 Å². The summed E-state index contributed by atoms with van der Waals surface area (Å²) in [5.74, 6) is -0.0412. The maximum Gasteiger partial charge on any atom is 0.263 e. The molecule has 1 aliphatic rings. The molecule has 1 aliphatic heterocycles. The minimum Gasteiger partial charge on any atom is -0.349 e. The van der Waals surface area contributed by atoms with E-state index in [-0.39, 0.29) is 11.9 Å². The Morgan fingerprint density at radius 2 is 2.35 bits per heavy atom. The first-order valence-electron chi connectivity index (χ1n) is 6.76. The highest BCUT2D eigenvalue weighted by molar-refractivity contribution is 7.13. The minimum absolute atomic E-state index is 0.0412. The van der Waals surface area contributed by atoms with Gasteiger partial charge in [-0.15, -0.1) is 11.3 Å². The van der Waals surface area contributed by atoms with Gasteiger partial charge in [0.15, 0.2) is 0 Å². The molecule has 1 atom stereocenters. The van der Waals surface area contributed by atoms with E-state index in [1.807, 2.05) is 13.0 Å². The smallest absolute Gasteiger partial charge is 0.263 e. The molecule has 0 fully saturated rings. The fraction of sp³-hybridized carbons (Fsp3) is 0.333. The van der Waals surface area contributed by atoms with E-state index in [2.05, 4.69) is 33.8 Å². The number of nitrogens with zero attached hydrogens (tertiary/aromatic N) is 1. The van der Waals surface area contributed by atoms with E-state index in [9.17, 15) is 4.79 Å². The predicted octanol–water partition coefficient (Wildman–Crippen LogP) is 2.07. The molecular weight excluding hydrogens is 270 g/mol. The number of fused-ring (bicyclic) bond motifs is 1. The SMILES string of the molecule is Cc1ncc(C(=O)NCC2NCCc3ccccc32)s1. The topological polar surface area (TPSA) is 54.0 Å². The molecule has 5 heteroatoms. The normalized spacial score (nSPS) is 17.6. The van der Waals surface area contributed by atoms with E-state index in [0.29, 0.717) is 11.4 Å². The summed E-state index contributed by atoms with van der Waals surface area (Å²) in [6.07, 6.45) is 2.69. The number of benzene rings is 1. The molecule has 0 saturated heterocycles. The van der Waals surface area contributed by atoms with Crippen molar-refractivity contribution in [2.75, 3.05) is 13.1 Å². The Balaban J connectivity index is 1.66. The number of hydrogen-bond donors (Lipinski definition) is 2. The molecule has 1 amide bonds. The summed E-state index contributed by atoms with van der Waals surface area (Å²) in [7, 11) is 0. The van der Waals surface area contributed by atoms with Crippen molar-refractivity contribution in [1.29, 1.82) is 0 Å².